The highest BCUT2D eigenvalue weighted by molar-refractivity contribution is 7.91. The van der Waals surface area contributed by atoms with Gasteiger partial charge in [0.25, 0.3) is 5.91 Å². The lowest BCUT2D eigenvalue weighted by atomic mass is 10.0. The number of carbonyl (C=O) groups excluding carboxylic acids is 1. The van der Waals surface area contributed by atoms with E-state index < -0.39 is 10.2 Å². The van der Waals surface area contributed by atoms with Gasteiger partial charge in [-0.3, -0.25) is 19.1 Å². The zero-order chi connectivity index (χ0) is 23.0. The molecule has 0 aliphatic carbocycles. The Balaban J connectivity index is 1.40. The van der Waals surface area contributed by atoms with Gasteiger partial charge in [0.2, 0.25) is 0 Å². The molecule has 10 heteroatoms. The Labute approximate surface area is 195 Å². The summed E-state index contributed by atoms with van der Waals surface area (Å²) in [6.07, 6.45) is 5.15. The van der Waals surface area contributed by atoms with Crippen molar-refractivity contribution >= 4 is 49.9 Å². The van der Waals surface area contributed by atoms with Crippen molar-refractivity contribution in [2.24, 2.45) is 0 Å². The fraction of sp³-hybridized carbons (Fsp3) is 0.0870. The van der Waals surface area contributed by atoms with Gasteiger partial charge >= 0.3 is 10.2 Å². The van der Waals surface area contributed by atoms with Crippen LogP contribution in [0.15, 0.2) is 73.2 Å². The van der Waals surface area contributed by atoms with Crippen molar-refractivity contribution in [3.05, 3.63) is 83.8 Å². The van der Waals surface area contributed by atoms with Gasteiger partial charge in [0.05, 0.1) is 16.4 Å². The van der Waals surface area contributed by atoms with Crippen molar-refractivity contribution < 1.29 is 13.2 Å². The summed E-state index contributed by atoms with van der Waals surface area (Å²) in [6, 6.07) is 15.4. The molecular weight excluding hydrogens is 462 g/mol. The van der Waals surface area contributed by atoms with Gasteiger partial charge in [-0.15, -0.1) is 0 Å². The molecule has 0 atom stereocenters. The fourth-order valence-electron chi connectivity index (χ4n) is 3.73. The quantitative estimate of drug-likeness (QED) is 0.462. The number of aromatic nitrogens is 2. The second kappa shape index (κ2) is 8.43. The van der Waals surface area contributed by atoms with E-state index in [1.165, 1.54) is 4.31 Å². The molecule has 2 aromatic heterocycles. The normalized spacial score (nSPS) is 15.0. The van der Waals surface area contributed by atoms with E-state index in [2.05, 4.69) is 20.0 Å². The third-order valence-electron chi connectivity index (χ3n) is 5.35. The summed E-state index contributed by atoms with van der Waals surface area (Å²) in [5.41, 5.74) is 2.80. The molecule has 8 nitrogen and oxygen atoms in total. The standard InChI is InChI=1S/C23H18ClN5O3S/c24-21-6-3-17(13-19(21)22-20-14-25-9-7-15(20)8-10-26-22)28-23(30)16-1-4-18(5-2-16)29-12-11-27-33(29,31)32/h1-10,13-14,27H,11-12H2,(H,28,30). The Morgan fingerprint density at radius 1 is 1.06 bits per heavy atom. The van der Waals surface area contributed by atoms with E-state index in [9.17, 15) is 13.2 Å². The summed E-state index contributed by atoms with van der Waals surface area (Å²) < 4.78 is 27.7. The highest BCUT2D eigenvalue weighted by Crippen LogP contribution is 2.33. The minimum absolute atomic E-state index is 0.329. The summed E-state index contributed by atoms with van der Waals surface area (Å²) in [5, 5.41) is 5.20. The van der Waals surface area contributed by atoms with Crippen LogP contribution in [0, 0.1) is 0 Å². The number of anilines is 2. The molecule has 33 heavy (non-hydrogen) atoms. The van der Waals surface area contributed by atoms with Gasteiger partial charge in [0.1, 0.15) is 0 Å². The molecule has 2 N–H and O–H groups in total. The smallest absolute Gasteiger partial charge is 0.301 e. The van der Waals surface area contributed by atoms with E-state index in [-0.39, 0.29) is 5.91 Å². The summed E-state index contributed by atoms with van der Waals surface area (Å²) in [7, 11) is -3.51. The third kappa shape index (κ3) is 4.13. The second-order valence-electron chi connectivity index (χ2n) is 7.42. The van der Waals surface area contributed by atoms with Crippen LogP contribution in [0.5, 0.6) is 0 Å². The average Bonchev–Trinajstić information content (AvgIpc) is 3.19. The number of nitrogens with zero attached hydrogens (tertiary/aromatic N) is 3. The van der Waals surface area contributed by atoms with E-state index in [0.717, 1.165) is 10.8 Å². The fourth-order valence-corrected chi connectivity index (χ4v) is 5.18. The first kappa shape index (κ1) is 21.3. The van der Waals surface area contributed by atoms with Crippen LogP contribution in [-0.2, 0) is 10.2 Å². The van der Waals surface area contributed by atoms with Crippen LogP contribution in [0.1, 0.15) is 10.4 Å². The van der Waals surface area contributed by atoms with Gasteiger partial charge in [0, 0.05) is 53.9 Å². The van der Waals surface area contributed by atoms with Crippen LogP contribution >= 0.6 is 11.6 Å². The van der Waals surface area contributed by atoms with Crippen LogP contribution in [0.3, 0.4) is 0 Å². The zero-order valence-electron chi connectivity index (χ0n) is 17.2. The molecule has 5 rings (SSSR count). The Bertz CT molecular complexity index is 1470. The molecule has 166 valence electrons. The summed E-state index contributed by atoms with van der Waals surface area (Å²) in [4.78, 5) is 21.5. The molecule has 1 aliphatic heterocycles. The van der Waals surface area contributed by atoms with Crippen LogP contribution in [0.4, 0.5) is 11.4 Å². The maximum atomic E-state index is 12.8. The Morgan fingerprint density at radius 2 is 1.85 bits per heavy atom. The number of carbonyl (C=O) groups is 1. The number of nitrogens with one attached hydrogen (secondary N) is 2. The zero-order valence-corrected chi connectivity index (χ0v) is 18.8. The van der Waals surface area contributed by atoms with E-state index in [1.807, 2.05) is 12.1 Å². The number of benzene rings is 2. The maximum absolute atomic E-state index is 12.8. The van der Waals surface area contributed by atoms with Crippen LogP contribution in [-0.4, -0.2) is 37.4 Å². The first-order valence-electron chi connectivity index (χ1n) is 10.1. The lowest BCUT2D eigenvalue weighted by Gasteiger charge is -2.16. The van der Waals surface area contributed by atoms with E-state index in [4.69, 9.17) is 11.6 Å². The molecule has 0 saturated carbocycles. The first-order chi connectivity index (χ1) is 15.9. The summed E-state index contributed by atoms with van der Waals surface area (Å²) >= 11 is 6.46. The molecule has 4 aromatic rings. The van der Waals surface area contributed by atoms with Gasteiger partial charge in [-0.25, -0.2) is 0 Å². The van der Waals surface area contributed by atoms with Crippen LogP contribution < -0.4 is 14.3 Å². The van der Waals surface area contributed by atoms with Gasteiger partial charge in [0.15, 0.2) is 0 Å². The van der Waals surface area contributed by atoms with Gasteiger partial charge < -0.3 is 5.32 Å². The van der Waals surface area contributed by atoms with Crippen molar-refractivity contribution in [3.8, 4) is 11.3 Å². The number of halogens is 1. The van der Waals surface area contributed by atoms with E-state index in [1.54, 1.807) is 61.1 Å². The van der Waals surface area contributed by atoms with E-state index >= 15 is 0 Å². The minimum Gasteiger partial charge on any atom is -0.322 e. The SMILES string of the molecule is O=C(Nc1ccc(Cl)c(-c2nccc3ccncc23)c1)c1ccc(N2CCNS2(=O)=O)cc1. The van der Waals surface area contributed by atoms with Crippen molar-refractivity contribution in [2.75, 3.05) is 22.7 Å². The highest BCUT2D eigenvalue weighted by Gasteiger charge is 2.27. The molecule has 1 amide bonds. The average molecular weight is 480 g/mol. The Hall–Kier alpha value is -3.53. The van der Waals surface area contributed by atoms with Crippen molar-refractivity contribution in [2.45, 2.75) is 0 Å². The minimum atomic E-state index is -3.51. The second-order valence-corrected chi connectivity index (χ2v) is 9.51. The van der Waals surface area contributed by atoms with Crippen LogP contribution in [0.25, 0.3) is 22.0 Å². The molecule has 1 saturated heterocycles. The van der Waals surface area contributed by atoms with Gasteiger partial charge in [-0.2, -0.15) is 13.1 Å². The molecule has 0 bridgehead atoms. The molecule has 2 aromatic carbocycles. The molecule has 0 unspecified atom stereocenters. The number of hydrogen-bond donors (Lipinski definition) is 2. The number of fused-ring (bicyclic) bond motifs is 1. The lowest BCUT2D eigenvalue weighted by molar-refractivity contribution is 0.102. The predicted molar refractivity (Wildman–Crippen MR) is 129 cm³/mol. The Morgan fingerprint density at radius 3 is 2.61 bits per heavy atom. The first-order valence-corrected chi connectivity index (χ1v) is 11.9. The molecule has 0 spiro atoms. The molecular formula is C23H18ClN5O3S. The number of amides is 1. The maximum Gasteiger partial charge on any atom is 0.301 e. The van der Waals surface area contributed by atoms with Gasteiger partial charge in [-0.05, 0) is 60.0 Å². The summed E-state index contributed by atoms with van der Waals surface area (Å²) in [5.74, 6) is -0.329. The molecule has 3 heterocycles. The van der Waals surface area contributed by atoms with Gasteiger partial charge in [-0.1, -0.05) is 11.6 Å². The Kier molecular flexibility index (Phi) is 5.45. The topological polar surface area (TPSA) is 104 Å². The summed E-state index contributed by atoms with van der Waals surface area (Å²) in [6.45, 7) is 0.699. The van der Waals surface area contributed by atoms with Crippen LogP contribution in [0.2, 0.25) is 5.02 Å². The molecule has 1 fully saturated rings. The molecule has 0 radical (unpaired) electrons. The highest BCUT2D eigenvalue weighted by atomic mass is 35.5. The monoisotopic (exact) mass is 479 g/mol. The van der Waals surface area contributed by atoms with Crippen molar-refractivity contribution in [1.29, 1.82) is 0 Å². The predicted octanol–water partition coefficient (Wildman–Crippen LogP) is 3.86. The number of hydrogen-bond acceptors (Lipinski definition) is 5. The lowest BCUT2D eigenvalue weighted by Crippen LogP contribution is -2.29. The van der Waals surface area contributed by atoms with Crippen molar-refractivity contribution in [1.82, 2.24) is 14.7 Å². The number of rotatable bonds is 4. The van der Waals surface area contributed by atoms with E-state index in [0.29, 0.717) is 46.3 Å². The van der Waals surface area contributed by atoms with Crippen molar-refractivity contribution in [3.63, 3.8) is 0 Å². The molecule has 1 aliphatic rings. The third-order valence-corrected chi connectivity index (χ3v) is 7.23. The number of pyridine rings is 2. The largest absolute Gasteiger partial charge is 0.322 e.